The van der Waals surface area contributed by atoms with Crippen LogP contribution in [-0.4, -0.2) is 54.2 Å². The molecule has 2 aliphatic heterocycles. The van der Waals surface area contributed by atoms with Crippen LogP contribution in [0.4, 0.5) is 13.2 Å². The van der Waals surface area contributed by atoms with E-state index in [0.717, 1.165) is 13.1 Å². The average molecular weight is 278 g/mol. The summed E-state index contributed by atoms with van der Waals surface area (Å²) in [5.41, 5.74) is 0. The fourth-order valence-electron chi connectivity index (χ4n) is 3.48. The van der Waals surface area contributed by atoms with Gasteiger partial charge in [-0.2, -0.15) is 13.2 Å². The lowest BCUT2D eigenvalue weighted by Gasteiger charge is -2.45. The van der Waals surface area contributed by atoms with E-state index in [0.29, 0.717) is 24.5 Å². The maximum absolute atomic E-state index is 12.3. The highest BCUT2D eigenvalue weighted by Crippen LogP contribution is 2.28. The molecule has 2 saturated heterocycles. The molecule has 0 amide bonds. The van der Waals surface area contributed by atoms with Gasteiger partial charge in [-0.25, -0.2) is 0 Å². The second-order valence-electron chi connectivity index (χ2n) is 6.32. The summed E-state index contributed by atoms with van der Waals surface area (Å²) in [6.07, 6.45) is -1.98. The van der Waals surface area contributed by atoms with Gasteiger partial charge in [-0.15, -0.1) is 0 Å². The van der Waals surface area contributed by atoms with Crippen LogP contribution in [-0.2, 0) is 0 Å². The summed E-state index contributed by atoms with van der Waals surface area (Å²) in [5, 5.41) is 0. The molecule has 0 saturated carbocycles. The molecule has 2 unspecified atom stereocenters. The van der Waals surface area contributed by atoms with Crippen LogP contribution < -0.4 is 0 Å². The van der Waals surface area contributed by atoms with Crippen molar-refractivity contribution in [3.05, 3.63) is 0 Å². The van der Waals surface area contributed by atoms with Crippen LogP contribution in [0, 0.1) is 5.92 Å². The summed E-state index contributed by atoms with van der Waals surface area (Å²) in [6, 6.07) is 1.00. The predicted octanol–water partition coefficient (Wildman–Crippen LogP) is 3.13. The Labute approximate surface area is 113 Å². The first-order valence-electron chi connectivity index (χ1n) is 7.41. The first-order chi connectivity index (χ1) is 8.87. The molecule has 2 nitrogen and oxygen atoms in total. The molecule has 0 radical (unpaired) electrons. The zero-order valence-corrected chi connectivity index (χ0v) is 11.9. The summed E-state index contributed by atoms with van der Waals surface area (Å²) in [4.78, 5) is 4.84. The Hall–Kier alpha value is -0.290. The van der Waals surface area contributed by atoms with Gasteiger partial charge in [0.2, 0.25) is 0 Å². The number of alkyl halides is 3. The summed E-state index contributed by atoms with van der Waals surface area (Å²) < 4.78 is 36.8. The minimum absolute atomic E-state index is 0.236. The topological polar surface area (TPSA) is 6.48 Å². The standard InChI is InChI=1S/C14H25F3N2/c1-11(2)13-10-18-7-3-5-12(18)9-19(13)8-4-6-14(15,16)17/h11-13H,3-10H2,1-2H3. The predicted molar refractivity (Wildman–Crippen MR) is 70.1 cm³/mol. The minimum Gasteiger partial charge on any atom is -0.298 e. The third-order valence-electron chi connectivity index (χ3n) is 4.51. The molecule has 2 rings (SSSR count). The van der Waals surface area contributed by atoms with Gasteiger partial charge in [-0.1, -0.05) is 13.8 Å². The van der Waals surface area contributed by atoms with E-state index >= 15 is 0 Å². The lowest BCUT2D eigenvalue weighted by atomic mass is 9.97. The van der Waals surface area contributed by atoms with Crippen LogP contribution in [0.3, 0.4) is 0 Å². The van der Waals surface area contributed by atoms with Crippen molar-refractivity contribution in [3.63, 3.8) is 0 Å². The molecule has 0 aliphatic carbocycles. The zero-order chi connectivity index (χ0) is 14.0. The summed E-state index contributed by atoms with van der Waals surface area (Å²) >= 11 is 0. The number of rotatable bonds is 4. The summed E-state index contributed by atoms with van der Waals surface area (Å²) in [5.74, 6) is 0.507. The molecular weight excluding hydrogens is 253 g/mol. The van der Waals surface area contributed by atoms with Crippen molar-refractivity contribution < 1.29 is 13.2 Å². The van der Waals surface area contributed by atoms with E-state index in [4.69, 9.17) is 0 Å². The highest BCUT2D eigenvalue weighted by atomic mass is 19.4. The van der Waals surface area contributed by atoms with Gasteiger partial charge in [0.05, 0.1) is 0 Å². The van der Waals surface area contributed by atoms with E-state index in [-0.39, 0.29) is 6.42 Å². The number of fused-ring (bicyclic) bond motifs is 1. The number of piperazine rings is 1. The van der Waals surface area contributed by atoms with Gasteiger partial charge in [0.25, 0.3) is 0 Å². The Bertz CT molecular complexity index is 291. The molecule has 112 valence electrons. The minimum atomic E-state index is -4.01. The van der Waals surface area contributed by atoms with E-state index in [1.807, 2.05) is 0 Å². The van der Waals surface area contributed by atoms with Crippen molar-refractivity contribution in [2.24, 2.45) is 5.92 Å². The second kappa shape index (κ2) is 6.00. The molecule has 0 aromatic heterocycles. The average Bonchev–Trinajstić information content (AvgIpc) is 2.72. The fourth-order valence-corrected chi connectivity index (χ4v) is 3.48. The molecule has 0 spiro atoms. The highest BCUT2D eigenvalue weighted by Gasteiger charge is 2.37. The van der Waals surface area contributed by atoms with E-state index in [2.05, 4.69) is 23.6 Å². The molecule has 5 heteroatoms. The third kappa shape index (κ3) is 4.09. The monoisotopic (exact) mass is 278 g/mol. The number of nitrogens with zero attached hydrogens (tertiary/aromatic N) is 2. The van der Waals surface area contributed by atoms with Crippen molar-refractivity contribution in [2.45, 2.75) is 57.8 Å². The molecule has 0 aromatic rings. The van der Waals surface area contributed by atoms with Crippen molar-refractivity contribution in [2.75, 3.05) is 26.2 Å². The van der Waals surface area contributed by atoms with Crippen molar-refractivity contribution in [3.8, 4) is 0 Å². The van der Waals surface area contributed by atoms with Gasteiger partial charge in [0.15, 0.2) is 0 Å². The Morgan fingerprint density at radius 2 is 1.95 bits per heavy atom. The Morgan fingerprint density at radius 1 is 1.21 bits per heavy atom. The van der Waals surface area contributed by atoms with Gasteiger partial charge in [0, 0.05) is 31.6 Å². The molecule has 2 atom stereocenters. The molecule has 2 heterocycles. The fraction of sp³-hybridized carbons (Fsp3) is 1.00. The van der Waals surface area contributed by atoms with Crippen LogP contribution in [0.1, 0.15) is 39.5 Å². The number of hydrogen-bond acceptors (Lipinski definition) is 2. The Morgan fingerprint density at radius 3 is 2.58 bits per heavy atom. The van der Waals surface area contributed by atoms with Crippen molar-refractivity contribution in [1.82, 2.24) is 9.80 Å². The van der Waals surface area contributed by atoms with E-state index in [1.165, 1.54) is 19.4 Å². The van der Waals surface area contributed by atoms with Gasteiger partial charge in [-0.3, -0.25) is 9.80 Å². The molecule has 19 heavy (non-hydrogen) atoms. The molecule has 0 N–H and O–H groups in total. The molecule has 0 aromatic carbocycles. The van der Waals surface area contributed by atoms with E-state index in [9.17, 15) is 13.2 Å². The first kappa shape index (κ1) is 15.1. The summed E-state index contributed by atoms with van der Waals surface area (Å²) in [6.45, 7) is 8.11. The van der Waals surface area contributed by atoms with Crippen LogP contribution in [0.2, 0.25) is 0 Å². The maximum Gasteiger partial charge on any atom is 0.389 e. The largest absolute Gasteiger partial charge is 0.389 e. The molecule has 2 aliphatic rings. The van der Waals surface area contributed by atoms with Crippen LogP contribution in [0.25, 0.3) is 0 Å². The van der Waals surface area contributed by atoms with Gasteiger partial charge < -0.3 is 0 Å². The lowest BCUT2D eigenvalue weighted by Crippen LogP contribution is -2.57. The third-order valence-corrected chi connectivity index (χ3v) is 4.51. The maximum atomic E-state index is 12.3. The van der Waals surface area contributed by atoms with Crippen LogP contribution in [0.15, 0.2) is 0 Å². The van der Waals surface area contributed by atoms with Crippen molar-refractivity contribution in [1.29, 1.82) is 0 Å². The van der Waals surface area contributed by atoms with Gasteiger partial charge in [-0.05, 0) is 38.3 Å². The Balaban J connectivity index is 1.88. The quantitative estimate of drug-likeness (QED) is 0.779. The second-order valence-corrected chi connectivity index (χ2v) is 6.32. The van der Waals surface area contributed by atoms with Crippen LogP contribution in [0.5, 0.6) is 0 Å². The van der Waals surface area contributed by atoms with Crippen molar-refractivity contribution >= 4 is 0 Å². The SMILES string of the molecule is CC(C)C1CN2CCCC2CN1CCCC(F)(F)F. The normalized spacial score (nSPS) is 30.0. The lowest BCUT2D eigenvalue weighted by molar-refractivity contribution is -0.137. The number of hydrogen-bond donors (Lipinski definition) is 0. The van der Waals surface area contributed by atoms with E-state index < -0.39 is 12.6 Å². The first-order valence-corrected chi connectivity index (χ1v) is 7.41. The summed E-state index contributed by atoms with van der Waals surface area (Å²) in [7, 11) is 0. The molecule has 0 bridgehead atoms. The van der Waals surface area contributed by atoms with E-state index in [1.54, 1.807) is 0 Å². The molecular formula is C14H25F3N2. The zero-order valence-electron chi connectivity index (χ0n) is 11.9. The number of halogens is 3. The van der Waals surface area contributed by atoms with Crippen LogP contribution >= 0.6 is 0 Å². The Kier molecular flexibility index (Phi) is 4.77. The highest BCUT2D eigenvalue weighted by molar-refractivity contribution is 4.93. The molecule has 2 fully saturated rings. The van der Waals surface area contributed by atoms with Gasteiger partial charge >= 0.3 is 6.18 Å². The smallest absolute Gasteiger partial charge is 0.298 e. The van der Waals surface area contributed by atoms with Gasteiger partial charge in [0.1, 0.15) is 0 Å².